The molecule has 0 unspecified atom stereocenters. The van der Waals surface area contributed by atoms with Crippen LogP contribution < -0.4 is 5.32 Å². The first-order valence-corrected chi connectivity index (χ1v) is 5.86. The first kappa shape index (κ1) is 14.5. The maximum absolute atomic E-state index is 12.7. The molecular weight excluding hydrogens is 233 g/mol. The van der Waals surface area contributed by atoms with E-state index in [0.717, 1.165) is 5.56 Å². The Labute approximate surface area is 107 Å². The minimum atomic E-state index is -0.514. The van der Waals surface area contributed by atoms with E-state index in [0.29, 0.717) is 0 Å². The van der Waals surface area contributed by atoms with Crippen LogP contribution in [0.25, 0.3) is 0 Å². The van der Waals surface area contributed by atoms with Gasteiger partial charge in [0, 0.05) is 12.5 Å². The third-order valence-electron chi connectivity index (χ3n) is 2.06. The van der Waals surface area contributed by atoms with Crippen molar-refractivity contribution in [2.45, 2.75) is 39.3 Å². The van der Waals surface area contributed by atoms with Gasteiger partial charge in [0.1, 0.15) is 11.4 Å². The molecule has 1 amide bonds. The summed E-state index contributed by atoms with van der Waals surface area (Å²) in [5.41, 5.74) is 0.333. The summed E-state index contributed by atoms with van der Waals surface area (Å²) in [4.78, 5) is 11.5. The summed E-state index contributed by atoms with van der Waals surface area (Å²) in [5, 5.41) is 2.69. The van der Waals surface area contributed by atoms with Crippen molar-refractivity contribution in [3.8, 4) is 0 Å². The van der Waals surface area contributed by atoms with Crippen molar-refractivity contribution in [3.05, 3.63) is 42.1 Å². The van der Waals surface area contributed by atoms with Crippen LogP contribution in [0.15, 0.2) is 24.3 Å². The first-order valence-electron chi connectivity index (χ1n) is 5.86. The highest BCUT2D eigenvalue weighted by molar-refractivity contribution is 5.68. The third-order valence-corrected chi connectivity index (χ3v) is 2.06. The maximum atomic E-state index is 12.7. The lowest BCUT2D eigenvalue weighted by atomic mass is 10.1. The zero-order valence-electron chi connectivity index (χ0n) is 11.2. The highest BCUT2D eigenvalue weighted by Gasteiger charge is 2.17. The number of amides is 1. The lowest BCUT2D eigenvalue weighted by Gasteiger charge is -2.21. The molecule has 0 aliphatic carbocycles. The van der Waals surface area contributed by atoms with E-state index >= 15 is 0 Å². The van der Waals surface area contributed by atoms with E-state index in [-0.39, 0.29) is 11.9 Å². The van der Waals surface area contributed by atoms with Crippen molar-refractivity contribution >= 4 is 6.09 Å². The van der Waals surface area contributed by atoms with E-state index in [2.05, 4.69) is 5.32 Å². The normalized spacial score (nSPS) is 12.9. The average molecular weight is 252 g/mol. The number of benzene rings is 1. The molecule has 1 aromatic carbocycles. The molecule has 4 heteroatoms. The predicted molar refractivity (Wildman–Crippen MR) is 68.6 cm³/mol. The number of alkyl carbamates (subject to hydrolysis) is 1. The van der Waals surface area contributed by atoms with Gasteiger partial charge in [0.2, 0.25) is 0 Å². The van der Waals surface area contributed by atoms with Crippen LogP contribution in [0.3, 0.4) is 0 Å². The number of rotatable bonds is 3. The Morgan fingerprint density at radius 2 is 1.89 bits per heavy atom. The predicted octanol–water partition coefficient (Wildman–Crippen LogP) is 3.29. The molecule has 0 aromatic heterocycles. The number of hydrogen-bond donors (Lipinski definition) is 1. The molecule has 1 atom stereocenters. The van der Waals surface area contributed by atoms with Gasteiger partial charge in [-0.2, -0.15) is 0 Å². The largest absolute Gasteiger partial charge is 0.444 e. The second-order valence-electron chi connectivity index (χ2n) is 5.15. The second kappa shape index (κ2) is 5.85. The monoisotopic (exact) mass is 252 g/mol. The maximum Gasteiger partial charge on any atom is 0.407 e. The molecular formula is C14H19FNO2. The van der Waals surface area contributed by atoms with Crippen LogP contribution in [0.4, 0.5) is 9.18 Å². The summed E-state index contributed by atoms with van der Waals surface area (Å²) in [6.45, 7) is 7.25. The van der Waals surface area contributed by atoms with Gasteiger partial charge in [0.05, 0.1) is 0 Å². The molecule has 0 bridgehead atoms. The van der Waals surface area contributed by atoms with Crippen LogP contribution in [0.2, 0.25) is 0 Å². The molecule has 1 N–H and O–H groups in total. The fraction of sp³-hybridized carbons (Fsp3) is 0.429. The molecule has 1 rings (SSSR count). The van der Waals surface area contributed by atoms with Crippen molar-refractivity contribution in [2.75, 3.05) is 0 Å². The van der Waals surface area contributed by atoms with Crippen LogP contribution in [-0.2, 0) is 4.74 Å². The summed E-state index contributed by atoms with van der Waals surface area (Å²) in [6.07, 6.45) is 1.36. The Balaban J connectivity index is 2.44. The number of nitrogens with one attached hydrogen (secondary N) is 1. The Morgan fingerprint density at radius 3 is 2.39 bits per heavy atom. The highest BCUT2D eigenvalue weighted by atomic mass is 19.1. The van der Waals surface area contributed by atoms with E-state index in [1.807, 2.05) is 13.3 Å². The molecule has 0 heterocycles. The number of carbonyl (C=O) groups is 1. The van der Waals surface area contributed by atoms with Gasteiger partial charge >= 0.3 is 6.09 Å². The van der Waals surface area contributed by atoms with Gasteiger partial charge in [-0.1, -0.05) is 12.1 Å². The first-order chi connectivity index (χ1) is 8.26. The Hall–Kier alpha value is -1.58. The quantitative estimate of drug-likeness (QED) is 0.896. The summed E-state index contributed by atoms with van der Waals surface area (Å²) < 4.78 is 17.9. The smallest absolute Gasteiger partial charge is 0.407 e. The van der Waals surface area contributed by atoms with E-state index in [1.165, 1.54) is 12.1 Å². The van der Waals surface area contributed by atoms with Gasteiger partial charge in [-0.15, -0.1) is 0 Å². The van der Waals surface area contributed by atoms with Crippen molar-refractivity contribution in [1.29, 1.82) is 0 Å². The van der Waals surface area contributed by atoms with Crippen LogP contribution in [0, 0.1) is 12.2 Å². The molecule has 0 fully saturated rings. The molecule has 0 aliphatic heterocycles. The van der Waals surface area contributed by atoms with E-state index in [9.17, 15) is 9.18 Å². The van der Waals surface area contributed by atoms with Crippen molar-refractivity contribution in [3.63, 3.8) is 0 Å². The molecule has 1 radical (unpaired) electrons. The molecule has 3 nitrogen and oxygen atoms in total. The standard InChI is InChI=1S/C14H19FNO2/c1-10(16-13(17)18-14(2,3)4)9-11-5-7-12(15)8-6-11/h5-10H,1-4H3,(H,16,17)/t10-/m0/s1. The lowest BCUT2D eigenvalue weighted by molar-refractivity contribution is 0.0515. The van der Waals surface area contributed by atoms with Gasteiger partial charge in [-0.05, 0) is 45.4 Å². The second-order valence-corrected chi connectivity index (χ2v) is 5.15. The fourth-order valence-electron chi connectivity index (χ4n) is 1.40. The Morgan fingerprint density at radius 1 is 1.33 bits per heavy atom. The number of hydrogen-bond acceptors (Lipinski definition) is 2. The fourth-order valence-corrected chi connectivity index (χ4v) is 1.40. The van der Waals surface area contributed by atoms with Crippen molar-refractivity contribution in [1.82, 2.24) is 5.32 Å². The molecule has 0 saturated heterocycles. The van der Waals surface area contributed by atoms with Crippen LogP contribution >= 0.6 is 0 Å². The summed E-state index contributed by atoms with van der Waals surface area (Å²) >= 11 is 0. The number of halogens is 1. The Bertz CT molecular complexity index is 395. The topological polar surface area (TPSA) is 38.3 Å². The minimum absolute atomic E-state index is 0.190. The zero-order chi connectivity index (χ0) is 13.8. The summed E-state index contributed by atoms with van der Waals surface area (Å²) in [6, 6.07) is 5.88. The van der Waals surface area contributed by atoms with Gasteiger partial charge < -0.3 is 10.1 Å². The van der Waals surface area contributed by atoms with Crippen molar-refractivity contribution < 1.29 is 13.9 Å². The highest BCUT2D eigenvalue weighted by Crippen LogP contribution is 2.10. The summed E-state index contributed by atoms with van der Waals surface area (Å²) in [7, 11) is 0. The van der Waals surface area contributed by atoms with Gasteiger partial charge in [0.15, 0.2) is 0 Å². The van der Waals surface area contributed by atoms with E-state index < -0.39 is 11.7 Å². The van der Waals surface area contributed by atoms with Crippen LogP contribution in [0.5, 0.6) is 0 Å². The average Bonchev–Trinajstić information content (AvgIpc) is 2.18. The SMILES string of the molecule is C[C@@H]([CH]c1ccc(F)cc1)NC(=O)OC(C)(C)C. The zero-order valence-corrected chi connectivity index (χ0v) is 11.2. The molecule has 0 saturated carbocycles. The lowest BCUT2D eigenvalue weighted by Crippen LogP contribution is -2.38. The Kier molecular flexibility index (Phi) is 4.70. The number of carbonyl (C=O) groups excluding carboxylic acids is 1. The van der Waals surface area contributed by atoms with Crippen LogP contribution in [-0.4, -0.2) is 17.7 Å². The van der Waals surface area contributed by atoms with Crippen molar-refractivity contribution in [2.24, 2.45) is 0 Å². The minimum Gasteiger partial charge on any atom is -0.444 e. The van der Waals surface area contributed by atoms with Crippen LogP contribution in [0.1, 0.15) is 33.3 Å². The summed E-state index contributed by atoms with van der Waals surface area (Å²) in [5.74, 6) is -0.278. The number of ether oxygens (including phenoxy) is 1. The van der Waals surface area contributed by atoms with Gasteiger partial charge in [0.25, 0.3) is 0 Å². The van der Waals surface area contributed by atoms with Gasteiger partial charge in [-0.25, -0.2) is 9.18 Å². The molecule has 1 aromatic rings. The van der Waals surface area contributed by atoms with E-state index in [4.69, 9.17) is 4.74 Å². The molecule has 0 aliphatic rings. The molecule has 99 valence electrons. The van der Waals surface area contributed by atoms with E-state index in [1.54, 1.807) is 32.9 Å². The molecule has 18 heavy (non-hydrogen) atoms. The van der Waals surface area contributed by atoms with Gasteiger partial charge in [-0.3, -0.25) is 0 Å². The molecule has 0 spiro atoms. The third kappa shape index (κ3) is 5.66.